The molecular weight excluding hydrogens is 250 g/mol. The van der Waals surface area contributed by atoms with E-state index in [9.17, 15) is 4.79 Å². The summed E-state index contributed by atoms with van der Waals surface area (Å²) in [6.07, 6.45) is 4.07. The van der Waals surface area contributed by atoms with Crippen LogP contribution in [0.5, 0.6) is 0 Å². The Kier molecular flexibility index (Phi) is 4.81. The van der Waals surface area contributed by atoms with Gasteiger partial charge in [-0.25, -0.2) is 0 Å². The van der Waals surface area contributed by atoms with Crippen LogP contribution in [0.4, 0.5) is 0 Å². The van der Waals surface area contributed by atoms with Crippen molar-refractivity contribution in [1.82, 2.24) is 5.32 Å². The minimum absolute atomic E-state index is 0.106. The van der Waals surface area contributed by atoms with E-state index in [1.807, 2.05) is 13.0 Å². The molecule has 0 aliphatic heterocycles. The molecule has 110 valence electrons. The van der Waals surface area contributed by atoms with Crippen molar-refractivity contribution in [1.29, 1.82) is 0 Å². The average molecular weight is 275 g/mol. The molecule has 1 aliphatic rings. The summed E-state index contributed by atoms with van der Waals surface area (Å²) in [6.45, 7) is 4.66. The molecule has 1 fully saturated rings. The summed E-state index contributed by atoms with van der Waals surface area (Å²) >= 11 is 0. The zero-order valence-electron chi connectivity index (χ0n) is 12.5. The van der Waals surface area contributed by atoms with Gasteiger partial charge in [-0.1, -0.05) is 49.6 Å². The molecule has 1 saturated carbocycles. The van der Waals surface area contributed by atoms with E-state index >= 15 is 0 Å². The maximum absolute atomic E-state index is 12.7. The van der Waals surface area contributed by atoms with Crippen molar-refractivity contribution < 1.29 is 9.90 Å². The van der Waals surface area contributed by atoms with E-state index in [-0.39, 0.29) is 23.8 Å². The first kappa shape index (κ1) is 15.0. The van der Waals surface area contributed by atoms with Crippen LogP contribution in [0.3, 0.4) is 0 Å². The molecule has 0 radical (unpaired) electrons. The van der Waals surface area contributed by atoms with Crippen LogP contribution in [0, 0.1) is 12.8 Å². The molecule has 2 N–H and O–H groups in total. The van der Waals surface area contributed by atoms with Gasteiger partial charge in [0.05, 0.1) is 5.41 Å². The maximum atomic E-state index is 12.7. The zero-order chi connectivity index (χ0) is 14.6. The first-order valence-electron chi connectivity index (χ1n) is 7.55. The summed E-state index contributed by atoms with van der Waals surface area (Å²) < 4.78 is 0. The number of hydrogen-bond donors (Lipinski definition) is 2. The lowest BCUT2D eigenvalue weighted by Crippen LogP contribution is -2.44. The summed E-state index contributed by atoms with van der Waals surface area (Å²) in [5.41, 5.74) is 1.98. The van der Waals surface area contributed by atoms with Gasteiger partial charge in [-0.15, -0.1) is 0 Å². The van der Waals surface area contributed by atoms with Crippen molar-refractivity contribution in [2.45, 2.75) is 44.9 Å². The molecule has 0 saturated heterocycles. The third-order valence-corrected chi connectivity index (χ3v) is 4.39. The normalized spacial score (nSPS) is 18.8. The van der Waals surface area contributed by atoms with E-state index in [0.29, 0.717) is 6.54 Å². The number of rotatable bonds is 5. The van der Waals surface area contributed by atoms with Gasteiger partial charge in [0.25, 0.3) is 0 Å². The quantitative estimate of drug-likeness (QED) is 0.867. The highest BCUT2D eigenvalue weighted by Gasteiger charge is 2.42. The Morgan fingerprint density at radius 2 is 2.10 bits per heavy atom. The van der Waals surface area contributed by atoms with Crippen molar-refractivity contribution in [3.05, 3.63) is 35.4 Å². The molecular formula is C17H25NO2. The van der Waals surface area contributed by atoms with Crippen LogP contribution < -0.4 is 5.32 Å². The van der Waals surface area contributed by atoms with Crippen LogP contribution in [-0.4, -0.2) is 24.2 Å². The van der Waals surface area contributed by atoms with E-state index in [1.54, 1.807) is 0 Å². The van der Waals surface area contributed by atoms with Crippen LogP contribution in [0.1, 0.15) is 43.7 Å². The van der Waals surface area contributed by atoms with Gasteiger partial charge in [-0.3, -0.25) is 4.79 Å². The second-order valence-electron chi connectivity index (χ2n) is 6.16. The number of aryl methyl sites for hydroxylation is 1. The molecule has 0 aromatic heterocycles. The Morgan fingerprint density at radius 1 is 1.40 bits per heavy atom. The standard InChI is InChI=1S/C17H25NO2/c1-13-6-5-7-15(10-13)17(8-3-4-9-17)16(20)18-11-14(2)12-19/h5-7,10,14,19H,3-4,8-9,11-12H2,1-2H3,(H,18,20). The molecule has 3 heteroatoms. The number of nitrogens with one attached hydrogen (secondary N) is 1. The maximum Gasteiger partial charge on any atom is 0.230 e. The highest BCUT2D eigenvalue weighted by Crippen LogP contribution is 2.41. The molecule has 1 amide bonds. The molecule has 1 aromatic rings. The fourth-order valence-electron chi connectivity index (χ4n) is 3.07. The molecule has 1 atom stereocenters. The number of aliphatic hydroxyl groups is 1. The lowest BCUT2D eigenvalue weighted by molar-refractivity contribution is -0.126. The minimum Gasteiger partial charge on any atom is -0.396 e. The zero-order valence-corrected chi connectivity index (χ0v) is 12.5. The average Bonchev–Trinajstić information content (AvgIpc) is 2.95. The van der Waals surface area contributed by atoms with Gasteiger partial charge in [-0.05, 0) is 31.2 Å². The molecule has 1 unspecified atom stereocenters. The van der Waals surface area contributed by atoms with Crippen molar-refractivity contribution >= 4 is 5.91 Å². The molecule has 0 bridgehead atoms. The van der Waals surface area contributed by atoms with Crippen molar-refractivity contribution in [2.75, 3.05) is 13.2 Å². The number of aliphatic hydroxyl groups excluding tert-OH is 1. The first-order valence-corrected chi connectivity index (χ1v) is 7.55. The van der Waals surface area contributed by atoms with Crippen LogP contribution >= 0.6 is 0 Å². The van der Waals surface area contributed by atoms with Gasteiger partial charge in [0.1, 0.15) is 0 Å². The van der Waals surface area contributed by atoms with Crippen LogP contribution in [-0.2, 0) is 10.2 Å². The van der Waals surface area contributed by atoms with E-state index in [4.69, 9.17) is 5.11 Å². The van der Waals surface area contributed by atoms with Crippen LogP contribution in [0.15, 0.2) is 24.3 Å². The monoisotopic (exact) mass is 275 g/mol. The first-order chi connectivity index (χ1) is 9.58. The highest BCUT2D eigenvalue weighted by molar-refractivity contribution is 5.88. The Hall–Kier alpha value is -1.35. The second-order valence-corrected chi connectivity index (χ2v) is 6.16. The molecule has 20 heavy (non-hydrogen) atoms. The number of carbonyl (C=O) groups excluding carboxylic acids is 1. The largest absolute Gasteiger partial charge is 0.396 e. The molecule has 0 spiro atoms. The lowest BCUT2D eigenvalue weighted by atomic mass is 9.77. The summed E-state index contributed by atoms with van der Waals surface area (Å²) in [7, 11) is 0. The number of benzene rings is 1. The third kappa shape index (κ3) is 3.04. The molecule has 2 rings (SSSR count). The van der Waals surface area contributed by atoms with Gasteiger partial charge in [0, 0.05) is 13.2 Å². The SMILES string of the molecule is Cc1cccc(C2(C(=O)NCC(C)CO)CCCC2)c1. The molecule has 1 aliphatic carbocycles. The van der Waals surface area contributed by atoms with Crippen molar-refractivity contribution in [2.24, 2.45) is 5.92 Å². The topological polar surface area (TPSA) is 49.3 Å². The van der Waals surface area contributed by atoms with Gasteiger partial charge in [0.15, 0.2) is 0 Å². The number of hydrogen-bond acceptors (Lipinski definition) is 2. The van der Waals surface area contributed by atoms with Gasteiger partial charge in [-0.2, -0.15) is 0 Å². The summed E-state index contributed by atoms with van der Waals surface area (Å²) in [4.78, 5) is 12.7. The fourth-order valence-corrected chi connectivity index (χ4v) is 3.07. The predicted octanol–water partition coefficient (Wildman–Crippen LogP) is 2.55. The van der Waals surface area contributed by atoms with E-state index in [1.165, 1.54) is 5.56 Å². The van der Waals surface area contributed by atoms with Crippen molar-refractivity contribution in [3.63, 3.8) is 0 Å². The number of carbonyl (C=O) groups is 1. The third-order valence-electron chi connectivity index (χ3n) is 4.39. The van der Waals surface area contributed by atoms with Crippen LogP contribution in [0.25, 0.3) is 0 Å². The van der Waals surface area contributed by atoms with Crippen molar-refractivity contribution in [3.8, 4) is 0 Å². The number of amides is 1. The predicted molar refractivity (Wildman–Crippen MR) is 80.6 cm³/mol. The Bertz CT molecular complexity index is 464. The fraction of sp³-hybridized carbons (Fsp3) is 0.588. The van der Waals surface area contributed by atoms with Gasteiger partial charge < -0.3 is 10.4 Å². The van der Waals surface area contributed by atoms with Gasteiger partial charge >= 0.3 is 0 Å². The lowest BCUT2D eigenvalue weighted by Gasteiger charge is -2.29. The van der Waals surface area contributed by atoms with E-state index in [0.717, 1.165) is 31.2 Å². The molecule has 3 nitrogen and oxygen atoms in total. The van der Waals surface area contributed by atoms with Crippen LogP contribution in [0.2, 0.25) is 0 Å². The Morgan fingerprint density at radius 3 is 2.70 bits per heavy atom. The Labute approximate surface area is 121 Å². The van der Waals surface area contributed by atoms with E-state index in [2.05, 4.69) is 30.4 Å². The summed E-state index contributed by atoms with van der Waals surface area (Å²) in [5, 5.41) is 12.1. The minimum atomic E-state index is -0.360. The summed E-state index contributed by atoms with van der Waals surface area (Å²) in [5.74, 6) is 0.232. The Balaban J connectivity index is 2.19. The summed E-state index contributed by atoms with van der Waals surface area (Å²) in [6, 6.07) is 8.32. The molecule has 0 heterocycles. The van der Waals surface area contributed by atoms with E-state index < -0.39 is 0 Å². The second kappa shape index (κ2) is 6.40. The van der Waals surface area contributed by atoms with Gasteiger partial charge in [0.2, 0.25) is 5.91 Å². The molecule has 1 aromatic carbocycles. The highest BCUT2D eigenvalue weighted by atomic mass is 16.3. The smallest absolute Gasteiger partial charge is 0.230 e.